The van der Waals surface area contributed by atoms with Crippen LogP contribution in [-0.2, 0) is 15.1 Å². The number of terminal acetylenes is 1. The van der Waals surface area contributed by atoms with E-state index in [1.165, 1.54) is 0 Å². The van der Waals surface area contributed by atoms with E-state index >= 15 is 0 Å². The van der Waals surface area contributed by atoms with Crippen LogP contribution in [0.5, 0.6) is 11.5 Å². The molecule has 24 heavy (non-hydrogen) atoms. The van der Waals surface area contributed by atoms with Gasteiger partial charge in [-0.25, -0.2) is 4.79 Å². The van der Waals surface area contributed by atoms with E-state index in [0.29, 0.717) is 17.1 Å². The Morgan fingerprint density at radius 1 is 1.42 bits per heavy atom. The molecule has 3 rings (SSSR count). The number of ether oxygens (including phenoxy) is 2. The minimum atomic E-state index is -1.29. The van der Waals surface area contributed by atoms with E-state index < -0.39 is 29.9 Å². The normalized spacial score (nSPS) is 21.4. The molecule has 1 saturated heterocycles. The number of rotatable bonds is 4. The average molecular weight is 329 g/mol. The summed E-state index contributed by atoms with van der Waals surface area (Å²) < 4.78 is 10.5. The summed E-state index contributed by atoms with van der Waals surface area (Å²) >= 11 is 0. The zero-order valence-electron chi connectivity index (χ0n) is 12.9. The van der Waals surface area contributed by atoms with Crippen LogP contribution in [0.1, 0.15) is 12.5 Å². The van der Waals surface area contributed by atoms with Crippen LogP contribution in [0.2, 0.25) is 0 Å². The van der Waals surface area contributed by atoms with Crippen molar-refractivity contribution in [1.82, 2.24) is 15.5 Å². The quantitative estimate of drug-likeness (QED) is 0.595. The molecule has 0 unspecified atom stereocenters. The molecule has 2 N–H and O–H groups in total. The molecule has 0 aliphatic carbocycles. The minimum Gasteiger partial charge on any atom is -0.454 e. The zero-order valence-corrected chi connectivity index (χ0v) is 12.9. The van der Waals surface area contributed by atoms with E-state index in [0.717, 1.165) is 4.90 Å². The second-order valence-electron chi connectivity index (χ2n) is 5.50. The van der Waals surface area contributed by atoms with Crippen molar-refractivity contribution in [1.29, 1.82) is 0 Å². The van der Waals surface area contributed by atoms with Gasteiger partial charge in [-0.1, -0.05) is 12.0 Å². The summed E-state index contributed by atoms with van der Waals surface area (Å²) in [5, 5.41) is 5.04. The number of hydrogen-bond donors (Lipinski definition) is 2. The van der Waals surface area contributed by atoms with Crippen molar-refractivity contribution >= 4 is 17.8 Å². The summed E-state index contributed by atoms with van der Waals surface area (Å²) in [6.07, 6.45) is 5.06. The maximum Gasteiger partial charge on any atom is 0.325 e. The molecule has 2 aliphatic heterocycles. The fraction of sp³-hybridized carbons (Fsp3) is 0.312. The van der Waals surface area contributed by atoms with Crippen LogP contribution >= 0.6 is 0 Å². The molecule has 8 heteroatoms. The number of urea groups is 1. The predicted octanol–water partition coefficient (Wildman–Crippen LogP) is -0.0683. The van der Waals surface area contributed by atoms with Gasteiger partial charge in [0, 0.05) is 0 Å². The van der Waals surface area contributed by atoms with Gasteiger partial charge in [0.25, 0.3) is 5.91 Å². The van der Waals surface area contributed by atoms with Crippen LogP contribution in [0.25, 0.3) is 0 Å². The topological polar surface area (TPSA) is 97.0 Å². The van der Waals surface area contributed by atoms with E-state index in [9.17, 15) is 14.4 Å². The van der Waals surface area contributed by atoms with Crippen LogP contribution in [0, 0.1) is 12.3 Å². The Morgan fingerprint density at radius 3 is 2.92 bits per heavy atom. The molecule has 8 nitrogen and oxygen atoms in total. The second kappa shape index (κ2) is 5.77. The maximum absolute atomic E-state index is 12.7. The van der Waals surface area contributed by atoms with Crippen LogP contribution in [0.4, 0.5) is 4.79 Å². The molecule has 0 spiro atoms. The number of nitrogens with one attached hydrogen (secondary N) is 2. The van der Waals surface area contributed by atoms with Crippen LogP contribution in [0.3, 0.4) is 0 Å². The van der Waals surface area contributed by atoms with Gasteiger partial charge < -0.3 is 20.1 Å². The molecule has 0 bridgehead atoms. The van der Waals surface area contributed by atoms with Crippen molar-refractivity contribution < 1.29 is 23.9 Å². The minimum absolute atomic E-state index is 0.0297. The van der Waals surface area contributed by atoms with E-state index in [-0.39, 0.29) is 13.3 Å². The largest absolute Gasteiger partial charge is 0.454 e. The maximum atomic E-state index is 12.7. The Hall–Kier alpha value is -3.21. The number of benzene rings is 1. The van der Waals surface area contributed by atoms with E-state index in [1.807, 2.05) is 0 Å². The first-order valence-electron chi connectivity index (χ1n) is 7.20. The standard InChI is InChI=1S/C16H15N3O5/c1-3-6-17-13(20)8-19-14(21)16(2,18-15(19)22)10-4-5-11-12(7-10)24-9-23-11/h1,4-5,7H,6,8-9H2,2H3,(H,17,20)(H,18,22)/t16-/m0/s1. The molecule has 2 aliphatic rings. The van der Waals surface area contributed by atoms with Gasteiger partial charge in [-0.15, -0.1) is 6.42 Å². The lowest BCUT2D eigenvalue weighted by Crippen LogP contribution is -2.43. The van der Waals surface area contributed by atoms with Crippen LogP contribution < -0.4 is 20.1 Å². The van der Waals surface area contributed by atoms with Crippen molar-refractivity contribution in [2.24, 2.45) is 0 Å². The van der Waals surface area contributed by atoms with Gasteiger partial charge in [0.1, 0.15) is 12.1 Å². The Morgan fingerprint density at radius 2 is 2.17 bits per heavy atom. The number of amides is 4. The first-order valence-corrected chi connectivity index (χ1v) is 7.20. The fourth-order valence-electron chi connectivity index (χ4n) is 2.59. The number of nitrogens with zero attached hydrogens (tertiary/aromatic N) is 1. The predicted molar refractivity (Wildman–Crippen MR) is 82.0 cm³/mol. The SMILES string of the molecule is C#CCNC(=O)CN1C(=O)N[C@@](C)(c2ccc3c(c2)OCO3)C1=O. The highest BCUT2D eigenvalue weighted by Gasteiger charge is 2.49. The van der Waals surface area contributed by atoms with Gasteiger partial charge in [0.15, 0.2) is 11.5 Å². The van der Waals surface area contributed by atoms with Gasteiger partial charge >= 0.3 is 6.03 Å². The Kier molecular flexibility index (Phi) is 3.77. The van der Waals surface area contributed by atoms with Gasteiger partial charge in [0.05, 0.1) is 6.54 Å². The van der Waals surface area contributed by atoms with Crippen molar-refractivity contribution in [2.75, 3.05) is 19.9 Å². The highest BCUT2D eigenvalue weighted by Crippen LogP contribution is 2.37. The molecular formula is C16H15N3O5. The number of fused-ring (bicyclic) bond motifs is 1. The number of carbonyl (C=O) groups excluding carboxylic acids is 3. The Bertz CT molecular complexity index is 769. The van der Waals surface area contributed by atoms with Crippen molar-refractivity contribution in [2.45, 2.75) is 12.5 Å². The third kappa shape index (κ3) is 2.50. The van der Waals surface area contributed by atoms with E-state index in [2.05, 4.69) is 16.6 Å². The first kappa shape index (κ1) is 15.7. The van der Waals surface area contributed by atoms with Gasteiger partial charge in [-0.05, 0) is 24.6 Å². The molecule has 4 amide bonds. The van der Waals surface area contributed by atoms with Crippen molar-refractivity contribution in [3.8, 4) is 23.8 Å². The molecule has 0 aromatic heterocycles. The molecule has 1 fully saturated rings. The molecule has 2 heterocycles. The summed E-state index contributed by atoms with van der Waals surface area (Å²) in [6.45, 7) is 1.32. The second-order valence-corrected chi connectivity index (χ2v) is 5.50. The zero-order chi connectivity index (χ0) is 17.3. The molecule has 124 valence electrons. The molecular weight excluding hydrogens is 314 g/mol. The van der Waals surface area contributed by atoms with Crippen LogP contribution in [-0.4, -0.2) is 42.6 Å². The lowest BCUT2D eigenvalue weighted by atomic mass is 9.91. The van der Waals surface area contributed by atoms with Gasteiger partial charge in [0.2, 0.25) is 12.7 Å². The highest BCUT2D eigenvalue weighted by molar-refractivity contribution is 6.09. The lowest BCUT2D eigenvalue weighted by Gasteiger charge is -2.22. The monoisotopic (exact) mass is 329 g/mol. The Labute approximate surface area is 138 Å². The molecule has 1 atom stereocenters. The number of hydrogen-bond acceptors (Lipinski definition) is 5. The third-order valence-corrected chi connectivity index (χ3v) is 3.91. The van der Waals surface area contributed by atoms with Crippen LogP contribution in [0.15, 0.2) is 18.2 Å². The highest BCUT2D eigenvalue weighted by atomic mass is 16.7. The Balaban J connectivity index is 1.82. The molecule has 0 saturated carbocycles. The fourth-order valence-corrected chi connectivity index (χ4v) is 2.59. The summed E-state index contributed by atoms with van der Waals surface area (Å²) in [7, 11) is 0. The molecule has 1 aromatic rings. The number of carbonyl (C=O) groups is 3. The number of imide groups is 1. The molecule has 1 aromatic carbocycles. The summed E-state index contributed by atoms with van der Waals surface area (Å²) in [4.78, 5) is 37.4. The third-order valence-electron chi connectivity index (χ3n) is 3.91. The van der Waals surface area contributed by atoms with Gasteiger partial charge in [-0.2, -0.15) is 0 Å². The smallest absolute Gasteiger partial charge is 0.325 e. The lowest BCUT2D eigenvalue weighted by molar-refractivity contribution is -0.134. The van der Waals surface area contributed by atoms with Gasteiger partial charge in [-0.3, -0.25) is 14.5 Å². The summed E-state index contributed by atoms with van der Waals surface area (Å²) in [5.41, 5.74) is -0.749. The van der Waals surface area contributed by atoms with E-state index in [1.54, 1.807) is 25.1 Å². The first-order chi connectivity index (χ1) is 11.5. The van der Waals surface area contributed by atoms with Crippen molar-refractivity contribution in [3.63, 3.8) is 0 Å². The summed E-state index contributed by atoms with van der Waals surface area (Å²) in [6, 6.07) is 4.34. The summed E-state index contributed by atoms with van der Waals surface area (Å²) in [5.74, 6) is 2.29. The van der Waals surface area contributed by atoms with E-state index in [4.69, 9.17) is 15.9 Å². The average Bonchev–Trinajstić information content (AvgIpc) is 3.11. The van der Waals surface area contributed by atoms with Crippen molar-refractivity contribution in [3.05, 3.63) is 23.8 Å². The molecule has 0 radical (unpaired) electrons.